The standard InChI is InChI=1S/C27H36N4O3/c1-2-3-5-16-25(32)29-24-15-9-13-22(18-24)28-19-26(33)30-23-14-8-10-20(17-23)27(34)31-21-11-6-4-7-12-21/h8-10,13-15,17-18,21,28H,2-7,11-12,16,19H2,1H3,(H,29,32)(H,30,33)(H,31,34). The fraction of sp³-hybridized carbons (Fsp3) is 0.444. The Labute approximate surface area is 202 Å². The summed E-state index contributed by atoms with van der Waals surface area (Å²) in [5, 5.41) is 11.9. The van der Waals surface area contributed by atoms with E-state index in [1.165, 1.54) is 6.42 Å². The van der Waals surface area contributed by atoms with E-state index in [1.807, 2.05) is 18.2 Å². The maximum atomic E-state index is 12.6. The lowest BCUT2D eigenvalue weighted by Gasteiger charge is -2.22. The van der Waals surface area contributed by atoms with Crippen LogP contribution >= 0.6 is 0 Å². The van der Waals surface area contributed by atoms with Crippen LogP contribution in [0.1, 0.15) is 75.1 Å². The highest BCUT2D eigenvalue weighted by Gasteiger charge is 2.17. The predicted octanol–water partition coefficient (Wildman–Crippen LogP) is 5.32. The zero-order valence-electron chi connectivity index (χ0n) is 20.0. The van der Waals surface area contributed by atoms with E-state index in [9.17, 15) is 14.4 Å². The molecule has 2 aromatic rings. The van der Waals surface area contributed by atoms with Gasteiger partial charge in [0, 0.05) is 35.1 Å². The maximum absolute atomic E-state index is 12.6. The molecular weight excluding hydrogens is 428 g/mol. The minimum absolute atomic E-state index is 0.00394. The number of hydrogen-bond acceptors (Lipinski definition) is 4. The highest BCUT2D eigenvalue weighted by Crippen LogP contribution is 2.19. The van der Waals surface area contributed by atoms with Crippen molar-refractivity contribution in [3.8, 4) is 0 Å². The van der Waals surface area contributed by atoms with Crippen LogP contribution in [0.4, 0.5) is 17.1 Å². The lowest BCUT2D eigenvalue weighted by Crippen LogP contribution is -2.36. The molecule has 0 heterocycles. The first kappa shape index (κ1) is 25.3. The Bertz CT molecular complexity index is 970. The summed E-state index contributed by atoms with van der Waals surface area (Å²) in [4.78, 5) is 37.1. The lowest BCUT2D eigenvalue weighted by atomic mass is 9.95. The number of rotatable bonds is 11. The third-order valence-electron chi connectivity index (χ3n) is 5.96. The van der Waals surface area contributed by atoms with Crippen molar-refractivity contribution in [1.29, 1.82) is 0 Å². The van der Waals surface area contributed by atoms with Crippen LogP contribution in [0.3, 0.4) is 0 Å². The first-order chi connectivity index (χ1) is 16.5. The lowest BCUT2D eigenvalue weighted by molar-refractivity contribution is -0.116. The van der Waals surface area contributed by atoms with E-state index in [4.69, 9.17) is 0 Å². The Hall–Kier alpha value is -3.35. The first-order valence-corrected chi connectivity index (χ1v) is 12.4. The van der Waals surface area contributed by atoms with E-state index in [1.54, 1.807) is 30.3 Å². The highest BCUT2D eigenvalue weighted by atomic mass is 16.2. The van der Waals surface area contributed by atoms with E-state index in [0.717, 1.165) is 50.6 Å². The second-order valence-electron chi connectivity index (χ2n) is 8.88. The van der Waals surface area contributed by atoms with Gasteiger partial charge >= 0.3 is 0 Å². The number of amides is 3. The summed E-state index contributed by atoms with van der Waals surface area (Å²) in [6.45, 7) is 2.17. The average molecular weight is 465 g/mol. The second-order valence-corrected chi connectivity index (χ2v) is 8.88. The van der Waals surface area contributed by atoms with Gasteiger partial charge in [-0.25, -0.2) is 0 Å². The van der Waals surface area contributed by atoms with Gasteiger partial charge in [0.2, 0.25) is 11.8 Å². The molecule has 0 spiro atoms. The molecule has 0 radical (unpaired) electrons. The van der Waals surface area contributed by atoms with Gasteiger partial charge in [-0.05, 0) is 55.7 Å². The molecule has 0 bridgehead atoms. The molecule has 3 amide bonds. The summed E-state index contributed by atoms with van der Waals surface area (Å²) in [5.74, 6) is -0.329. The van der Waals surface area contributed by atoms with Gasteiger partial charge in [0.15, 0.2) is 0 Å². The molecule has 34 heavy (non-hydrogen) atoms. The third-order valence-corrected chi connectivity index (χ3v) is 5.96. The molecular formula is C27H36N4O3. The molecule has 7 nitrogen and oxygen atoms in total. The molecule has 1 aliphatic carbocycles. The van der Waals surface area contributed by atoms with Crippen molar-refractivity contribution < 1.29 is 14.4 Å². The Balaban J connectivity index is 1.47. The van der Waals surface area contributed by atoms with Crippen molar-refractivity contribution >= 4 is 34.8 Å². The van der Waals surface area contributed by atoms with Crippen LogP contribution in [0.2, 0.25) is 0 Å². The smallest absolute Gasteiger partial charge is 0.251 e. The molecule has 0 aromatic heterocycles. The van der Waals surface area contributed by atoms with Crippen molar-refractivity contribution in [3.63, 3.8) is 0 Å². The summed E-state index contributed by atoms with van der Waals surface area (Å²) >= 11 is 0. The fourth-order valence-electron chi connectivity index (χ4n) is 4.11. The quantitative estimate of drug-likeness (QED) is 0.338. The van der Waals surface area contributed by atoms with Crippen molar-refractivity contribution in [2.45, 2.75) is 70.8 Å². The van der Waals surface area contributed by atoms with Crippen molar-refractivity contribution in [2.75, 3.05) is 22.5 Å². The number of anilines is 3. The maximum Gasteiger partial charge on any atom is 0.251 e. The Kier molecular flexibility index (Phi) is 9.95. The second kappa shape index (κ2) is 13.4. The fourth-order valence-corrected chi connectivity index (χ4v) is 4.11. The number of hydrogen-bond donors (Lipinski definition) is 4. The van der Waals surface area contributed by atoms with Crippen LogP contribution in [0.5, 0.6) is 0 Å². The van der Waals surface area contributed by atoms with E-state index >= 15 is 0 Å². The zero-order chi connectivity index (χ0) is 24.2. The van der Waals surface area contributed by atoms with Crippen LogP contribution in [0.15, 0.2) is 48.5 Å². The average Bonchev–Trinajstić information content (AvgIpc) is 2.84. The SMILES string of the molecule is CCCCCC(=O)Nc1cccc(NCC(=O)Nc2cccc(C(=O)NC3CCCCC3)c2)c1. The van der Waals surface area contributed by atoms with Crippen molar-refractivity contribution in [3.05, 3.63) is 54.1 Å². The number of carbonyl (C=O) groups excluding carboxylic acids is 3. The zero-order valence-corrected chi connectivity index (χ0v) is 20.0. The Morgan fingerprint density at radius 1 is 0.824 bits per heavy atom. The van der Waals surface area contributed by atoms with Gasteiger partial charge in [-0.1, -0.05) is 51.2 Å². The van der Waals surface area contributed by atoms with E-state index < -0.39 is 0 Å². The van der Waals surface area contributed by atoms with Gasteiger partial charge in [0.25, 0.3) is 5.91 Å². The normalized spacial score (nSPS) is 13.7. The molecule has 0 unspecified atom stereocenters. The molecule has 1 fully saturated rings. The Morgan fingerprint density at radius 3 is 2.26 bits per heavy atom. The molecule has 1 saturated carbocycles. The summed E-state index contributed by atoms with van der Waals surface area (Å²) in [6, 6.07) is 14.5. The van der Waals surface area contributed by atoms with Crippen LogP contribution < -0.4 is 21.3 Å². The summed E-state index contributed by atoms with van der Waals surface area (Å²) in [5.41, 5.74) is 2.56. The minimum Gasteiger partial charge on any atom is -0.376 e. The minimum atomic E-state index is -0.223. The van der Waals surface area contributed by atoms with E-state index in [2.05, 4.69) is 28.2 Å². The van der Waals surface area contributed by atoms with Gasteiger partial charge in [-0.15, -0.1) is 0 Å². The van der Waals surface area contributed by atoms with Crippen LogP contribution in [-0.4, -0.2) is 30.3 Å². The molecule has 4 N–H and O–H groups in total. The van der Waals surface area contributed by atoms with Crippen LogP contribution in [0, 0.1) is 0 Å². The van der Waals surface area contributed by atoms with Gasteiger partial charge < -0.3 is 21.3 Å². The van der Waals surface area contributed by atoms with Gasteiger partial charge in [0.1, 0.15) is 0 Å². The molecule has 182 valence electrons. The van der Waals surface area contributed by atoms with Crippen molar-refractivity contribution in [1.82, 2.24) is 5.32 Å². The van der Waals surface area contributed by atoms with Crippen molar-refractivity contribution in [2.24, 2.45) is 0 Å². The summed E-state index contributed by atoms with van der Waals surface area (Å²) < 4.78 is 0. The summed E-state index contributed by atoms with van der Waals surface area (Å²) in [6.07, 6.45) is 9.10. The van der Waals surface area contributed by atoms with E-state index in [-0.39, 0.29) is 30.3 Å². The van der Waals surface area contributed by atoms with E-state index in [0.29, 0.717) is 23.4 Å². The third kappa shape index (κ3) is 8.54. The molecule has 0 aliphatic heterocycles. The highest BCUT2D eigenvalue weighted by molar-refractivity contribution is 5.98. The topological polar surface area (TPSA) is 99.3 Å². The van der Waals surface area contributed by atoms with Crippen LogP contribution in [-0.2, 0) is 9.59 Å². The number of benzene rings is 2. The van der Waals surface area contributed by atoms with Gasteiger partial charge in [-0.3, -0.25) is 14.4 Å². The van der Waals surface area contributed by atoms with Gasteiger partial charge in [-0.2, -0.15) is 0 Å². The van der Waals surface area contributed by atoms with Crippen LogP contribution in [0.25, 0.3) is 0 Å². The predicted molar refractivity (Wildman–Crippen MR) is 137 cm³/mol. The molecule has 7 heteroatoms. The number of nitrogens with one attached hydrogen (secondary N) is 4. The first-order valence-electron chi connectivity index (χ1n) is 12.4. The Morgan fingerprint density at radius 2 is 1.50 bits per heavy atom. The molecule has 2 aromatic carbocycles. The number of unbranched alkanes of at least 4 members (excludes halogenated alkanes) is 2. The molecule has 0 saturated heterocycles. The monoisotopic (exact) mass is 464 g/mol. The molecule has 1 aliphatic rings. The molecule has 0 atom stereocenters. The summed E-state index contributed by atoms with van der Waals surface area (Å²) in [7, 11) is 0. The van der Waals surface area contributed by atoms with Gasteiger partial charge in [0.05, 0.1) is 6.54 Å². The largest absolute Gasteiger partial charge is 0.376 e. The molecule has 3 rings (SSSR count). The number of carbonyl (C=O) groups is 3.